The van der Waals surface area contributed by atoms with Gasteiger partial charge in [-0.2, -0.15) is 0 Å². The predicted molar refractivity (Wildman–Crippen MR) is 7.81 cm³/mol. The number of hydrogen-bond donors (Lipinski definition) is 0. The van der Waals surface area contributed by atoms with Crippen molar-refractivity contribution >= 4 is 23.1 Å². The number of rotatable bonds is 0. The second-order valence-electron chi connectivity index (χ2n) is 0. The fraction of sp³-hybridized carbons (Fsp3) is 0. The molecule has 0 bridgehead atoms. The third kappa shape index (κ3) is 79.0. The predicted octanol–water partition coefficient (Wildman–Crippen LogP) is -0.737. The van der Waals surface area contributed by atoms with E-state index < -0.39 is 0 Å². The maximum absolute atomic E-state index is 0. The molecule has 5 heavy (non-hydrogen) atoms. The summed E-state index contributed by atoms with van der Waals surface area (Å²) < 4.78 is 0. The summed E-state index contributed by atoms with van der Waals surface area (Å²) in [4.78, 5) is 0. The van der Waals surface area contributed by atoms with Gasteiger partial charge in [-0.05, 0) is 0 Å². The van der Waals surface area contributed by atoms with Crippen LogP contribution < -0.4 is 0 Å². The van der Waals surface area contributed by atoms with Crippen LogP contribution >= 0.6 is 0 Å². The normalized spacial score (nSPS) is 0. The molecule has 0 aromatic carbocycles. The van der Waals surface area contributed by atoms with Crippen LogP contribution in [0.1, 0.15) is 0 Å². The molecule has 3 nitrogen and oxygen atoms in total. The quantitative estimate of drug-likeness (QED) is 0.521. The molecule has 0 aromatic heterocycles. The monoisotopic (exact) mass is 339 g/mol. The molecule has 0 unspecified atom stereocenters. The first-order chi connectivity index (χ1) is 0. The van der Waals surface area contributed by atoms with Crippen molar-refractivity contribution in [3.05, 3.63) is 0 Å². The molecule has 0 aromatic rings. The van der Waals surface area contributed by atoms with Crippen molar-refractivity contribution in [1.82, 2.24) is 0 Å². The molecule has 0 aliphatic heterocycles. The van der Waals surface area contributed by atoms with Crippen molar-refractivity contribution in [3.63, 3.8) is 0 Å². The topological polar surface area (TPSA) is 85.5 Å². The molecule has 0 radical (unpaired) electrons. The van der Waals surface area contributed by atoms with Gasteiger partial charge in [0.25, 0.3) is 0 Å². The molecular formula is MgO3Rf-4. The minimum Gasteiger partial charge on any atom is -2.00 e. The van der Waals surface area contributed by atoms with E-state index in [4.69, 9.17) is 0 Å². The zero-order chi connectivity index (χ0) is 0. The Kier molecular flexibility index (Phi) is 20100. The summed E-state index contributed by atoms with van der Waals surface area (Å²) >= 11 is 0. The van der Waals surface area contributed by atoms with Crippen LogP contribution in [0.2, 0.25) is 0 Å². The Labute approximate surface area is 40.1 Å². The van der Waals surface area contributed by atoms with E-state index in [0.29, 0.717) is 0 Å². The van der Waals surface area contributed by atoms with Gasteiger partial charge in [-0.3, -0.25) is 0 Å². The molecule has 26 valence electrons. The van der Waals surface area contributed by atoms with Gasteiger partial charge >= 0.3 is 23.1 Å². The van der Waals surface area contributed by atoms with Crippen LogP contribution in [0.15, 0.2) is 0 Å². The van der Waals surface area contributed by atoms with Crippen LogP contribution in [-0.4, -0.2) is 23.1 Å². The van der Waals surface area contributed by atoms with E-state index in [9.17, 15) is 0 Å². The van der Waals surface area contributed by atoms with Gasteiger partial charge in [-0.15, -0.1) is 0 Å². The van der Waals surface area contributed by atoms with E-state index in [0.717, 1.165) is 0 Å². The van der Waals surface area contributed by atoms with Crippen molar-refractivity contribution < 1.29 is 16.4 Å². The molecule has 0 atom stereocenters. The van der Waals surface area contributed by atoms with Gasteiger partial charge in [0, 0.05) is 0 Å². The summed E-state index contributed by atoms with van der Waals surface area (Å²) in [5, 5.41) is 0. The minimum absolute atomic E-state index is 0. The Balaban J connectivity index is 0. The Hall–Kier alpha value is -0.354. The zero-order valence-corrected chi connectivity index (χ0v) is 10.5. The summed E-state index contributed by atoms with van der Waals surface area (Å²) in [6.45, 7) is 0. The molecule has 0 aliphatic carbocycles. The Morgan fingerprint density at radius 3 is 0.600 bits per heavy atom. The molecule has 0 rings (SSSR count). The van der Waals surface area contributed by atoms with Crippen LogP contribution in [-0.2, 0) is 16.4 Å². The smallest absolute Gasteiger partial charge is 2.00 e. The summed E-state index contributed by atoms with van der Waals surface area (Å²) in [6, 6.07) is 0. The van der Waals surface area contributed by atoms with Gasteiger partial charge in [-0.1, -0.05) is 0 Å². The van der Waals surface area contributed by atoms with Crippen LogP contribution in [0.4, 0.5) is 0 Å². The third-order valence-electron chi connectivity index (χ3n) is 0. The van der Waals surface area contributed by atoms with Crippen molar-refractivity contribution in [2.45, 2.75) is 0 Å². The van der Waals surface area contributed by atoms with E-state index >= 15 is 0 Å². The van der Waals surface area contributed by atoms with Gasteiger partial charge in [0.1, 0.15) is 0 Å². The SMILES string of the molecule is [Mg+2].[O-2].[O-2].[O-2].[Rf]. The van der Waals surface area contributed by atoms with Crippen LogP contribution in [0.25, 0.3) is 0 Å². The average Bonchev–Trinajstić information content (AvgIpc) is 0. The summed E-state index contributed by atoms with van der Waals surface area (Å²) in [5.41, 5.74) is 0. The Morgan fingerprint density at radius 2 is 0.600 bits per heavy atom. The largest absolute Gasteiger partial charge is 2.00 e. The molecular weight excluding hydrogens is 339 g/mol. The molecule has 0 aliphatic rings. The molecule has 0 fully saturated rings. The summed E-state index contributed by atoms with van der Waals surface area (Å²) in [6.07, 6.45) is 0. The van der Waals surface area contributed by atoms with E-state index in [-0.39, 0.29) is 39.5 Å². The van der Waals surface area contributed by atoms with Gasteiger partial charge in [0.05, 0.1) is 0 Å². The van der Waals surface area contributed by atoms with Crippen LogP contribution in [0.5, 0.6) is 0 Å². The molecule has 5 heteroatoms. The second kappa shape index (κ2) is 204. The molecule has 0 amide bonds. The first-order valence-electron chi connectivity index (χ1n) is 0. The molecule has 0 spiro atoms. The minimum atomic E-state index is 0. The Morgan fingerprint density at radius 1 is 0.600 bits per heavy atom. The maximum atomic E-state index is 0. The Bertz CT molecular complexity index is 6.85. The van der Waals surface area contributed by atoms with E-state index in [1.807, 2.05) is 0 Å². The number of hydrogen-bond acceptors (Lipinski definition) is 0. The summed E-state index contributed by atoms with van der Waals surface area (Å²) in [5.74, 6) is 0. The molecule has 0 N–H and O–H groups in total. The standard InChI is InChI=1S/Mg.3O.Rf/q+2;3*-2;. The van der Waals surface area contributed by atoms with Crippen molar-refractivity contribution in [3.8, 4) is 0 Å². The fourth-order valence-electron chi connectivity index (χ4n) is 0. The molecule has 0 saturated heterocycles. The van der Waals surface area contributed by atoms with Crippen molar-refractivity contribution in [1.29, 1.82) is 0 Å². The summed E-state index contributed by atoms with van der Waals surface area (Å²) in [7, 11) is 0. The van der Waals surface area contributed by atoms with E-state index in [1.165, 1.54) is 0 Å². The first kappa shape index (κ1) is 494. The molecule has 0 heterocycles. The average molecular weight is 339 g/mol. The van der Waals surface area contributed by atoms with Crippen LogP contribution in [0.3, 0.4) is 0 Å². The van der Waals surface area contributed by atoms with Gasteiger partial charge in [0.15, 0.2) is 0 Å². The van der Waals surface area contributed by atoms with Gasteiger partial charge in [-0.25, -0.2) is 0 Å². The third-order valence-corrected chi connectivity index (χ3v) is 0. The van der Waals surface area contributed by atoms with Crippen molar-refractivity contribution in [2.24, 2.45) is 0 Å². The van der Waals surface area contributed by atoms with Gasteiger partial charge in [0.2, 0.25) is 0 Å². The fourth-order valence-corrected chi connectivity index (χ4v) is 0. The second-order valence-corrected chi connectivity index (χ2v) is 0. The van der Waals surface area contributed by atoms with Crippen molar-refractivity contribution in [2.75, 3.05) is 0 Å². The van der Waals surface area contributed by atoms with E-state index in [1.54, 1.807) is 0 Å². The molecule has 0 saturated carbocycles. The van der Waals surface area contributed by atoms with E-state index in [2.05, 4.69) is 0 Å². The maximum Gasteiger partial charge on any atom is 2.00 e. The van der Waals surface area contributed by atoms with Crippen LogP contribution in [0, 0.1) is 0 Å². The zero-order valence-electron chi connectivity index (χ0n) is 2.64. The first-order valence-corrected chi connectivity index (χ1v) is 0. The van der Waals surface area contributed by atoms with Gasteiger partial charge < -0.3 is 16.4 Å².